The Bertz CT molecular complexity index is 1360. The van der Waals surface area contributed by atoms with E-state index in [1.165, 1.54) is 18.2 Å². The molecule has 214 valence electrons. The second-order valence-corrected chi connectivity index (χ2v) is 7.95. The van der Waals surface area contributed by atoms with Crippen LogP contribution in [0.3, 0.4) is 0 Å². The van der Waals surface area contributed by atoms with Gasteiger partial charge < -0.3 is 10.2 Å². The van der Waals surface area contributed by atoms with E-state index in [2.05, 4.69) is 9.98 Å². The second-order valence-electron chi connectivity index (χ2n) is 7.95. The number of rotatable bonds is 4. The summed E-state index contributed by atoms with van der Waals surface area (Å²) in [6, 6.07) is 4.42. The van der Waals surface area contributed by atoms with E-state index in [0.29, 0.717) is 12.4 Å². The summed E-state index contributed by atoms with van der Waals surface area (Å²) in [4.78, 5) is 7.34. The average Bonchev–Trinajstić information content (AvgIpc) is 2.80. The molecule has 0 radical (unpaired) electrons. The summed E-state index contributed by atoms with van der Waals surface area (Å²) in [5.74, 6) is -3.09. The fraction of sp³-hybridized carbons (Fsp3) is 0.167. The van der Waals surface area contributed by atoms with Crippen LogP contribution in [0.15, 0.2) is 58.5 Å². The van der Waals surface area contributed by atoms with Gasteiger partial charge in [0.1, 0.15) is 11.5 Å². The van der Waals surface area contributed by atoms with E-state index in [1.54, 1.807) is 0 Å². The molecule has 0 spiro atoms. The third kappa shape index (κ3) is 7.04. The van der Waals surface area contributed by atoms with Gasteiger partial charge >= 0.3 is 24.7 Å². The van der Waals surface area contributed by atoms with Crippen molar-refractivity contribution in [1.82, 2.24) is 0 Å². The van der Waals surface area contributed by atoms with E-state index in [4.69, 9.17) is 0 Å². The Morgan fingerprint density at radius 1 is 0.500 bits per heavy atom. The molecule has 4 nitrogen and oxygen atoms in total. The predicted molar refractivity (Wildman–Crippen MR) is 117 cm³/mol. The molecule has 40 heavy (non-hydrogen) atoms. The lowest BCUT2D eigenvalue weighted by Gasteiger charge is -2.15. The highest BCUT2D eigenvalue weighted by Crippen LogP contribution is 2.43. The summed E-state index contributed by atoms with van der Waals surface area (Å²) in [5, 5.41) is 19.7. The normalized spacial score (nSPS) is 13.5. The van der Waals surface area contributed by atoms with Gasteiger partial charge in [-0.05, 0) is 42.5 Å². The Morgan fingerprint density at radius 3 is 1.15 bits per heavy atom. The maximum absolute atomic E-state index is 13.1. The second kappa shape index (κ2) is 10.4. The molecule has 0 fully saturated rings. The van der Waals surface area contributed by atoms with Crippen LogP contribution in [-0.4, -0.2) is 22.6 Å². The van der Waals surface area contributed by atoms with Crippen molar-refractivity contribution >= 4 is 23.8 Å². The zero-order valence-electron chi connectivity index (χ0n) is 19.1. The monoisotopic (exact) mass is 588 g/mol. The van der Waals surface area contributed by atoms with Crippen molar-refractivity contribution < 1.29 is 62.9 Å². The van der Waals surface area contributed by atoms with Gasteiger partial charge in [-0.3, -0.25) is 9.98 Å². The zero-order chi connectivity index (χ0) is 30.3. The Balaban J connectivity index is 2.01. The number of hydrogen-bond acceptors (Lipinski definition) is 4. The van der Waals surface area contributed by atoms with Gasteiger partial charge in [0.2, 0.25) is 0 Å². The molecule has 0 amide bonds. The number of alkyl halides is 12. The molecule has 0 aromatic heterocycles. The SMILES string of the molecule is Oc1c(C=Nc2cccc(N=Cc3cc(C(F)(F)F)cc(C(F)(F)F)c3O)c2)cc(C(F)(F)F)cc1C(F)(F)F. The summed E-state index contributed by atoms with van der Waals surface area (Å²) < 4.78 is 157. The van der Waals surface area contributed by atoms with Crippen LogP contribution in [-0.2, 0) is 24.7 Å². The maximum Gasteiger partial charge on any atom is 0.419 e. The van der Waals surface area contributed by atoms with E-state index in [9.17, 15) is 62.9 Å². The van der Waals surface area contributed by atoms with Crippen molar-refractivity contribution in [1.29, 1.82) is 0 Å². The zero-order valence-corrected chi connectivity index (χ0v) is 19.1. The topological polar surface area (TPSA) is 65.2 Å². The smallest absolute Gasteiger partial charge is 0.419 e. The number of halogens is 12. The lowest BCUT2D eigenvalue weighted by molar-refractivity contribution is -0.145. The Kier molecular flexibility index (Phi) is 7.87. The molecule has 0 unspecified atom stereocenters. The van der Waals surface area contributed by atoms with E-state index >= 15 is 0 Å². The van der Waals surface area contributed by atoms with Crippen molar-refractivity contribution in [2.75, 3.05) is 0 Å². The third-order valence-electron chi connectivity index (χ3n) is 5.08. The van der Waals surface area contributed by atoms with Crippen molar-refractivity contribution in [2.45, 2.75) is 24.7 Å². The minimum absolute atomic E-state index is 0.190. The van der Waals surface area contributed by atoms with E-state index in [-0.39, 0.29) is 35.6 Å². The van der Waals surface area contributed by atoms with Crippen LogP contribution in [0.1, 0.15) is 33.4 Å². The van der Waals surface area contributed by atoms with E-state index < -0.39 is 69.6 Å². The molecule has 0 aliphatic carbocycles. The van der Waals surface area contributed by atoms with Crippen LogP contribution >= 0.6 is 0 Å². The third-order valence-corrected chi connectivity index (χ3v) is 5.08. The van der Waals surface area contributed by atoms with E-state index in [1.807, 2.05) is 0 Å². The lowest BCUT2D eigenvalue weighted by atomic mass is 10.0. The molecule has 0 aliphatic rings. The lowest BCUT2D eigenvalue weighted by Crippen LogP contribution is -2.12. The Labute approximate surface area is 215 Å². The van der Waals surface area contributed by atoms with Gasteiger partial charge in [0, 0.05) is 23.6 Å². The summed E-state index contributed by atoms with van der Waals surface area (Å²) >= 11 is 0. The van der Waals surface area contributed by atoms with Crippen molar-refractivity contribution in [3.05, 3.63) is 81.9 Å². The molecular formula is C24H12F12N2O2. The predicted octanol–water partition coefficient (Wildman–Crippen LogP) is 8.67. The largest absolute Gasteiger partial charge is 0.507 e. The maximum atomic E-state index is 13.1. The molecule has 0 bridgehead atoms. The summed E-state index contributed by atoms with van der Waals surface area (Å²) in [6.07, 6.45) is -20.1. The van der Waals surface area contributed by atoms with Gasteiger partial charge in [-0.25, -0.2) is 0 Å². The van der Waals surface area contributed by atoms with Crippen molar-refractivity contribution in [3.8, 4) is 11.5 Å². The highest BCUT2D eigenvalue weighted by atomic mass is 19.4. The highest BCUT2D eigenvalue weighted by molar-refractivity contribution is 5.88. The van der Waals surface area contributed by atoms with Gasteiger partial charge in [-0.1, -0.05) is 6.07 Å². The van der Waals surface area contributed by atoms with Gasteiger partial charge in [-0.15, -0.1) is 0 Å². The molecule has 16 heteroatoms. The molecule has 0 aliphatic heterocycles. The van der Waals surface area contributed by atoms with Crippen LogP contribution in [0.4, 0.5) is 64.1 Å². The summed E-state index contributed by atoms with van der Waals surface area (Å²) in [7, 11) is 0. The summed E-state index contributed by atoms with van der Waals surface area (Å²) in [5.41, 5.74) is -9.68. The molecule has 3 rings (SSSR count). The first-order chi connectivity index (χ1) is 18.2. The molecular weight excluding hydrogens is 576 g/mol. The van der Waals surface area contributed by atoms with Crippen LogP contribution in [0, 0.1) is 0 Å². The molecule has 0 saturated carbocycles. The quantitative estimate of drug-likeness (QED) is 0.237. The van der Waals surface area contributed by atoms with Crippen LogP contribution in [0.5, 0.6) is 11.5 Å². The Morgan fingerprint density at radius 2 is 0.850 bits per heavy atom. The number of hydrogen-bond donors (Lipinski definition) is 2. The van der Waals surface area contributed by atoms with Gasteiger partial charge in [-0.2, -0.15) is 52.7 Å². The first kappa shape index (κ1) is 30.3. The standard InChI is InChI=1S/C24H12F12N2O2/c25-21(26,27)13-4-11(19(39)17(6-13)23(31,32)33)9-37-15-2-1-3-16(8-15)38-10-12-5-14(22(28,29)30)7-18(20(12)40)24(34,35)36/h1-10,39-40H. The van der Waals surface area contributed by atoms with Crippen LogP contribution in [0.25, 0.3) is 0 Å². The number of aromatic hydroxyl groups is 2. The molecule has 2 N–H and O–H groups in total. The molecule has 3 aromatic carbocycles. The Hall–Kier alpha value is -4.24. The summed E-state index contributed by atoms with van der Waals surface area (Å²) in [6.45, 7) is 0. The number of phenolic OH excluding ortho intramolecular Hbond substituents is 2. The number of phenols is 2. The number of aliphatic imine (C=N–C) groups is 2. The number of benzene rings is 3. The minimum Gasteiger partial charge on any atom is -0.507 e. The first-order valence-corrected chi connectivity index (χ1v) is 10.4. The molecule has 0 heterocycles. The fourth-order valence-electron chi connectivity index (χ4n) is 3.21. The molecule has 0 saturated heterocycles. The highest BCUT2D eigenvalue weighted by Gasteiger charge is 2.41. The van der Waals surface area contributed by atoms with Gasteiger partial charge in [0.15, 0.2) is 0 Å². The molecule has 3 aromatic rings. The van der Waals surface area contributed by atoms with Gasteiger partial charge in [0.05, 0.1) is 33.6 Å². The number of nitrogens with zero attached hydrogens (tertiary/aromatic N) is 2. The fourth-order valence-corrected chi connectivity index (χ4v) is 3.21. The minimum atomic E-state index is -5.34. The van der Waals surface area contributed by atoms with Crippen LogP contribution < -0.4 is 0 Å². The van der Waals surface area contributed by atoms with Crippen LogP contribution in [0.2, 0.25) is 0 Å². The van der Waals surface area contributed by atoms with E-state index in [0.717, 1.165) is 6.07 Å². The molecule has 0 atom stereocenters. The first-order valence-electron chi connectivity index (χ1n) is 10.4. The van der Waals surface area contributed by atoms with Crippen molar-refractivity contribution in [2.24, 2.45) is 9.98 Å². The van der Waals surface area contributed by atoms with Crippen molar-refractivity contribution in [3.63, 3.8) is 0 Å². The average molecular weight is 588 g/mol. The van der Waals surface area contributed by atoms with Gasteiger partial charge in [0.25, 0.3) is 0 Å².